The fraction of sp³-hybridized carbons (Fsp3) is 0.533. The highest BCUT2D eigenvalue weighted by atomic mass is 35.5. The molecule has 2 aliphatic heterocycles. The van der Waals surface area contributed by atoms with Crippen LogP contribution in [0.2, 0.25) is 5.02 Å². The van der Waals surface area contributed by atoms with Gasteiger partial charge in [-0.05, 0) is 49.8 Å². The molecule has 1 N–H and O–H groups in total. The molecule has 0 aromatic heterocycles. The van der Waals surface area contributed by atoms with Crippen LogP contribution in [0.15, 0.2) is 23.1 Å². The van der Waals surface area contributed by atoms with Gasteiger partial charge in [-0.15, -0.1) is 11.8 Å². The van der Waals surface area contributed by atoms with Gasteiger partial charge in [0.2, 0.25) is 0 Å². The van der Waals surface area contributed by atoms with E-state index in [1.165, 1.54) is 12.8 Å². The maximum atomic E-state index is 12.7. The number of nitrogens with one attached hydrogen (secondary N) is 1. The molecule has 20 heavy (non-hydrogen) atoms. The molecule has 0 saturated carbocycles. The van der Waals surface area contributed by atoms with E-state index < -0.39 is 0 Å². The number of halogens is 1. The van der Waals surface area contributed by atoms with E-state index in [1.807, 2.05) is 29.4 Å². The van der Waals surface area contributed by atoms with Gasteiger partial charge in [-0.2, -0.15) is 0 Å². The molecule has 1 aromatic carbocycles. The molecular weight excluding hydrogens is 292 g/mol. The Morgan fingerprint density at radius 3 is 3.05 bits per heavy atom. The molecule has 1 amide bonds. The molecule has 2 fully saturated rings. The number of likely N-dealkylation sites (tertiary alicyclic amines) is 1. The van der Waals surface area contributed by atoms with Gasteiger partial charge in [-0.25, -0.2) is 0 Å². The Kier molecular flexibility index (Phi) is 4.24. The number of carbonyl (C=O) groups excluding carboxylic acids is 1. The summed E-state index contributed by atoms with van der Waals surface area (Å²) in [6.45, 7) is 2.74. The molecule has 0 radical (unpaired) electrons. The van der Waals surface area contributed by atoms with Crippen molar-refractivity contribution in [2.24, 2.45) is 5.92 Å². The Balaban J connectivity index is 1.79. The SMILES string of the molecule is CSc1ccc(Cl)c(C(=O)N2CC3CCCNC3C2)c1. The highest BCUT2D eigenvalue weighted by molar-refractivity contribution is 7.98. The summed E-state index contributed by atoms with van der Waals surface area (Å²) in [6, 6.07) is 6.15. The lowest BCUT2D eigenvalue weighted by atomic mass is 9.94. The number of rotatable bonds is 2. The molecule has 3 rings (SSSR count). The predicted molar refractivity (Wildman–Crippen MR) is 83.7 cm³/mol. The van der Waals surface area contributed by atoms with Crippen molar-refractivity contribution in [3.8, 4) is 0 Å². The fourth-order valence-corrected chi connectivity index (χ4v) is 3.82. The average Bonchev–Trinajstić information content (AvgIpc) is 2.91. The number of carbonyl (C=O) groups is 1. The molecule has 3 nitrogen and oxygen atoms in total. The first kappa shape index (κ1) is 14.2. The number of nitrogens with zero attached hydrogens (tertiary/aromatic N) is 1. The zero-order chi connectivity index (χ0) is 14.1. The van der Waals surface area contributed by atoms with Crippen molar-refractivity contribution < 1.29 is 4.79 Å². The minimum Gasteiger partial charge on any atom is -0.337 e. The summed E-state index contributed by atoms with van der Waals surface area (Å²) in [5.41, 5.74) is 0.636. The summed E-state index contributed by atoms with van der Waals surface area (Å²) in [7, 11) is 0. The van der Waals surface area contributed by atoms with Crippen molar-refractivity contribution in [3.05, 3.63) is 28.8 Å². The number of hydrogen-bond donors (Lipinski definition) is 1. The van der Waals surface area contributed by atoms with Crippen LogP contribution in [0.4, 0.5) is 0 Å². The Morgan fingerprint density at radius 1 is 1.45 bits per heavy atom. The van der Waals surface area contributed by atoms with Crippen molar-refractivity contribution in [2.45, 2.75) is 23.8 Å². The minimum atomic E-state index is 0.0714. The van der Waals surface area contributed by atoms with Gasteiger partial charge in [0.05, 0.1) is 10.6 Å². The van der Waals surface area contributed by atoms with Crippen LogP contribution in [0.5, 0.6) is 0 Å². The lowest BCUT2D eigenvalue weighted by Crippen LogP contribution is -2.41. The topological polar surface area (TPSA) is 32.3 Å². The van der Waals surface area contributed by atoms with Crippen molar-refractivity contribution in [1.82, 2.24) is 10.2 Å². The van der Waals surface area contributed by atoms with E-state index in [9.17, 15) is 4.79 Å². The maximum Gasteiger partial charge on any atom is 0.255 e. The zero-order valence-corrected chi connectivity index (χ0v) is 13.1. The summed E-state index contributed by atoms with van der Waals surface area (Å²) < 4.78 is 0. The fourth-order valence-electron chi connectivity index (χ4n) is 3.18. The Labute approximate surface area is 129 Å². The van der Waals surface area contributed by atoms with Crippen LogP contribution in [-0.2, 0) is 0 Å². The Morgan fingerprint density at radius 2 is 2.30 bits per heavy atom. The van der Waals surface area contributed by atoms with E-state index in [-0.39, 0.29) is 5.91 Å². The third-order valence-corrected chi connectivity index (χ3v) is 5.35. The second-order valence-corrected chi connectivity index (χ2v) is 6.81. The molecule has 2 aliphatic rings. The standard InChI is InChI=1S/C15H19ClN2OS/c1-20-11-4-5-13(16)12(7-11)15(19)18-8-10-3-2-6-17-14(10)9-18/h4-5,7,10,14,17H,2-3,6,8-9H2,1H3. The van der Waals surface area contributed by atoms with Gasteiger partial charge in [-0.3, -0.25) is 4.79 Å². The number of benzene rings is 1. The van der Waals surface area contributed by atoms with E-state index in [0.29, 0.717) is 22.5 Å². The predicted octanol–water partition coefficient (Wildman–Crippen LogP) is 2.89. The number of piperidine rings is 1. The smallest absolute Gasteiger partial charge is 0.255 e. The lowest BCUT2D eigenvalue weighted by molar-refractivity contribution is 0.0785. The van der Waals surface area contributed by atoms with Crippen LogP contribution in [0.1, 0.15) is 23.2 Å². The van der Waals surface area contributed by atoms with E-state index in [1.54, 1.807) is 11.8 Å². The summed E-state index contributed by atoms with van der Waals surface area (Å²) in [5, 5.41) is 4.08. The second-order valence-electron chi connectivity index (χ2n) is 5.52. The van der Waals surface area contributed by atoms with Gasteiger partial charge in [0.1, 0.15) is 0 Å². The van der Waals surface area contributed by atoms with Gasteiger partial charge < -0.3 is 10.2 Å². The third kappa shape index (κ3) is 2.69. The van der Waals surface area contributed by atoms with Gasteiger partial charge in [-0.1, -0.05) is 11.6 Å². The van der Waals surface area contributed by atoms with Crippen molar-refractivity contribution >= 4 is 29.3 Å². The minimum absolute atomic E-state index is 0.0714. The molecule has 108 valence electrons. The summed E-state index contributed by atoms with van der Waals surface area (Å²) in [5.74, 6) is 0.678. The van der Waals surface area contributed by atoms with Crippen LogP contribution in [-0.4, -0.2) is 42.7 Å². The highest BCUT2D eigenvalue weighted by Crippen LogP contribution is 2.29. The maximum absolute atomic E-state index is 12.7. The van der Waals surface area contributed by atoms with Gasteiger partial charge in [0, 0.05) is 24.0 Å². The number of thioether (sulfide) groups is 1. The van der Waals surface area contributed by atoms with Crippen LogP contribution >= 0.6 is 23.4 Å². The zero-order valence-electron chi connectivity index (χ0n) is 11.6. The molecule has 2 heterocycles. The van der Waals surface area contributed by atoms with E-state index in [0.717, 1.165) is 24.5 Å². The van der Waals surface area contributed by atoms with Crippen molar-refractivity contribution in [1.29, 1.82) is 0 Å². The van der Waals surface area contributed by atoms with Gasteiger partial charge in [0.15, 0.2) is 0 Å². The number of fused-ring (bicyclic) bond motifs is 1. The molecule has 2 unspecified atom stereocenters. The quantitative estimate of drug-likeness (QED) is 0.853. The first-order valence-corrected chi connectivity index (χ1v) is 8.65. The van der Waals surface area contributed by atoms with Crippen LogP contribution in [0.3, 0.4) is 0 Å². The van der Waals surface area contributed by atoms with Gasteiger partial charge in [0.25, 0.3) is 5.91 Å². The summed E-state index contributed by atoms with van der Waals surface area (Å²) in [4.78, 5) is 15.7. The van der Waals surface area contributed by atoms with Crippen LogP contribution in [0, 0.1) is 5.92 Å². The Hall–Kier alpha value is -0.710. The average molecular weight is 311 g/mol. The van der Waals surface area contributed by atoms with Crippen LogP contribution < -0.4 is 5.32 Å². The first-order valence-electron chi connectivity index (χ1n) is 7.05. The first-order chi connectivity index (χ1) is 9.69. The summed E-state index contributed by atoms with van der Waals surface area (Å²) in [6.07, 6.45) is 4.44. The van der Waals surface area contributed by atoms with Crippen molar-refractivity contribution in [2.75, 3.05) is 25.9 Å². The van der Waals surface area contributed by atoms with E-state index in [2.05, 4.69) is 5.32 Å². The molecule has 1 aromatic rings. The lowest BCUT2D eigenvalue weighted by Gasteiger charge is -2.24. The highest BCUT2D eigenvalue weighted by Gasteiger charge is 2.37. The molecule has 0 spiro atoms. The third-order valence-electron chi connectivity index (χ3n) is 4.29. The normalized spacial score (nSPS) is 25.6. The van der Waals surface area contributed by atoms with E-state index in [4.69, 9.17) is 11.6 Å². The number of hydrogen-bond acceptors (Lipinski definition) is 3. The number of amides is 1. The van der Waals surface area contributed by atoms with Gasteiger partial charge >= 0.3 is 0 Å². The largest absolute Gasteiger partial charge is 0.337 e. The second kappa shape index (κ2) is 5.96. The molecule has 2 saturated heterocycles. The molecule has 0 aliphatic carbocycles. The molecular formula is C15H19ClN2OS. The van der Waals surface area contributed by atoms with Crippen molar-refractivity contribution in [3.63, 3.8) is 0 Å². The molecule has 0 bridgehead atoms. The Bertz CT molecular complexity index is 509. The summed E-state index contributed by atoms with van der Waals surface area (Å²) >= 11 is 7.84. The molecule has 2 atom stereocenters. The van der Waals surface area contributed by atoms with E-state index >= 15 is 0 Å². The monoisotopic (exact) mass is 310 g/mol. The van der Waals surface area contributed by atoms with Crippen LogP contribution in [0.25, 0.3) is 0 Å². The molecule has 5 heteroatoms.